The minimum atomic E-state index is -0.0413. The Kier molecular flexibility index (Phi) is 5.87. The largest absolute Gasteiger partial charge is 0.370 e. The predicted molar refractivity (Wildman–Crippen MR) is 67.1 cm³/mol. The zero-order chi connectivity index (χ0) is 13.5. The lowest BCUT2D eigenvalue weighted by atomic mass is 10.3. The molecule has 0 spiro atoms. The van der Waals surface area contributed by atoms with Crippen LogP contribution in [0, 0.1) is 0 Å². The van der Waals surface area contributed by atoms with Crippen molar-refractivity contribution >= 4 is 11.9 Å². The average molecular weight is 258 g/mol. The Hall–Kier alpha value is -1.34. The lowest BCUT2D eigenvalue weighted by molar-refractivity contribution is -0.137. The molecule has 1 aliphatic rings. The predicted octanol–water partition coefficient (Wildman–Crippen LogP) is -1.21. The molecule has 0 saturated carbocycles. The highest BCUT2D eigenvalue weighted by molar-refractivity contribution is 5.78. The standard InChI is InChI=1S/C11H22N4O3/c1-13(2)11(17)15-6-4-14(5-7-15)10(16)9-18-8-3-12/h3-9,12H2,1-2H3. The van der Waals surface area contributed by atoms with Crippen LogP contribution in [0.5, 0.6) is 0 Å². The van der Waals surface area contributed by atoms with Gasteiger partial charge in [0, 0.05) is 46.8 Å². The molecule has 1 fully saturated rings. The Morgan fingerprint density at radius 3 is 2.22 bits per heavy atom. The number of carbonyl (C=O) groups excluding carboxylic acids is 2. The number of nitrogens with two attached hydrogens (primary N) is 1. The number of nitrogens with zero attached hydrogens (tertiary/aromatic N) is 3. The second kappa shape index (κ2) is 7.17. The van der Waals surface area contributed by atoms with Crippen LogP contribution in [-0.2, 0) is 9.53 Å². The normalized spacial score (nSPS) is 15.7. The van der Waals surface area contributed by atoms with Gasteiger partial charge in [0.05, 0.1) is 6.61 Å². The van der Waals surface area contributed by atoms with Crippen LogP contribution in [0.3, 0.4) is 0 Å². The monoisotopic (exact) mass is 258 g/mol. The molecule has 1 aliphatic heterocycles. The third-order valence-corrected chi connectivity index (χ3v) is 2.77. The van der Waals surface area contributed by atoms with Crippen LogP contribution >= 0.6 is 0 Å². The number of urea groups is 1. The highest BCUT2D eigenvalue weighted by Gasteiger charge is 2.24. The van der Waals surface area contributed by atoms with Crippen LogP contribution in [0.1, 0.15) is 0 Å². The molecule has 18 heavy (non-hydrogen) atoms. The van der Waals surface area contributed by atoms with Crippen molar-refractivity contribution < 1.29 is 14.3 Å². The first-order valence-corrected chi connectivity index (χ1v) is 6.08. The van der Waals surface area contributed by atoms with Crippen LogP contribution in [-0.4, -0.2) is 86.7 Å². The van der Waals surface area contributed by atoms with Crippen LogP contribution in [0.4, 0.5) is 4.79 Å². The lowest BCUT2D eigenvalue weighted by Gasteiger charge is -2.35. The summed E-state index contributed by atoms with van der Waals surface area (Å²) in [6.07, 6.45) is 0. The third-order valence-electron chi connectivity index (χ3n) is 2.77. The van der Waals surface area contributed by atoms with Crippen molar-refractivity contribution in [3.05, 3.63) is 0 Å². The van der Waals surface area contributed by atoms with Crippen molar-refractivity contribution in [3.8, 4) is 0 Å². The Morgan fingerprint density at radius 1 is 1.17 bits per heavy atom. The van der Waals surface area contributed by atoms with E-state index >= 15 is 0 Å². The number of rotatable bonds is 4. The summed E-state index contributed by atoms with van der Waals surface area (Å²) in [5.41, 5.74) is 5.27. The first-order valence-electron chi connectivity index (χ1n) is 6.08. The highest BCUT2D eigenvalue weighted by atomic mass is 16.5. The van der Waals surface area contributed by atoms with E-state index in [1.807, 2.05) is 0 Å². The van der Waals surface area contributed by atoms with Crippen molar-refractivity contribution in [2.45, 2.75) is 0 Å². The minimum Gasteiger partial charge on any atom is -0.370 e. The molecule has 104 valence electrons. The Bertz CT molecular complexity index is 288. The Labute approximate surface area is 107 Å². The topological polar surface area (TPSA) is 79.1 Å². The SMILES string of the molecule is CN(C)C(=O)N1CCN(C(=O)COCCN)CC1. The van der Waals surface area contributed by atoms with E-state index in [-0.39, 0.29) is 18.5 Å². The fraction of sp³-hybridized carbons (Fsp3) is 0.818. The van der Waals surface area contributed by atoms with E-state index in [0.29, 0.717) is 39.3 Å². The van der Waals surface area contributed by atoms with E-state index in [1.54, 1.807) is 28.8 Å². The van der Waals surface area contributed by atoms with Gasteiger partial charge in [-0.15, -0.1) is 0 Å². The molecule has 1 rings (SSSR count). The number of carbonyl (C=O) groups is 2. The van der Waals surface area contributed by atoms with Crippen LogP contribution < -0.4 is 5.73 Å². The molecule has 7 heteroatoms. The molecule has 3 amide bonds. The average Bonchev–Trinajstić information content (AvgIpc) is 2.38. The fourth-order valence-electron chi connectivity index (χ4n) is 1.76. The van der Waals surface area contributed by atoms with Crippen molar-refractivity contribution in [1.29, 1.82) is 0 Å². The Morgan fingerprint density at radius 2 is 1.72 bits per heavy atom. The number of piperazine rings is 1. The van der Waals surface area contributed by atoms with Gasteiger partial charge in [-0.2, -0.15) is 0 Å². The molecule has 7 nitrogen and oxygen atoms in total. The molecule has 0 radical (unpaired) electrons. The second-order valence-corrected chi connectivity index (χ2v) is 4.39. The Balaban J connectivity index is 2.30. The maximum absolute atomic E-state index is 11.7. The highest BCUT2D eigenvalue weighted by Crippen LogP contribution is 2.04. The van der Waals surface area contributed by atoms with Gasteiger partial charge in [0.1, 0.15) is 6.61 Å². The van der Waals surface area contributed by atoms with Crippen molar-refractivity contribution in [2.24, 2.45) is 5.73 Å². The summed E-state index contributed by atoms with van der Waals surface area (Å²) in [6.45, 7) is 3.14. The molecule has 0 atom stereocenters. The number of hydrogen-bond acceptors (Lipinski definition) is 4. The van der Waals surface area contributed by atoms with Crippen molar-refractivity contribution in [1.82, 2.24) is 14.7 Å². The van der Waals surface area contributed by atoms with Crippen LogP contribution in [0.15, 0.2) is 0 Å². The van der Waals surface area contributed by atoms with E-state index in [2.05, 4.69) is 0 Å². The summed E-state index contributed by atoms with van der Waals surface area (Å²) >= 11 is 0. The zero-order valence-electron chi connectivity index (χ0n) is 11.1. The number of ether oxygens (including phenoxy) is 1. The summed E-state index contributed by atoms with van der Waals surface area (Å²) in [5.74, 6) is -0.0413. The zero-order valence-corrected chi connectivity index (χ0v) is 11.1. The molecule has 0 aromatic carbocycles. The van der Waals surface area contributed by atoms with Gasteiger partial charge in [0.25, 0.3) is 0 Å². The number of hydrogen-bond donors (Lipinski definition) is 1. The fourth-order valence-corrected chi connectivity index (χ4v) is 1.76. The van der Waals surface area contributed by atoms with Gasteiger partial charge in [-0.3, -0.25) is 4.79 Å². The molecule has 1 heterocycles. The summed E-state index contributed by atoms with van der Waals surface area (Å²) in [6, 6.07) is -0.0125. The van der Waals surface area contributed by atoms with Crippen molar-refractivity contribution in [3.63, 3.8) is 0 Å². The third kappa shape index (κ3) is 4.15. The molecule has 0 bridgehead atoms. The van der Waals surface area contributed by atoms with E-state index in [9.17, 15) is 9.59 Å². The van der Waals surface area contributed by atoms with Crippen LogP contribution in [0.25, 0.3) is 0 Å². The number of amides is 3. The first kappa shape index (κ1) is 14.7. The lowest BCUT2D eigenvalue weighted by Crippen LogP contribution is -2.53. The van der Waals surface area contributed by atoms with Gasteiger partial charge in [-0.25, -0.2) is 4.79 Å². The van der Waals surface area contributed by atoms with Crippen molar-refractivity contribution in [2.75, 3.05) is 60.0 Å². The van der Waals surface area contributed by atoms with Gasteiger partial charge >= 0.3 is 6.03 Å². The maximum Gasteiger partial charge on any atom is 0.319 e. The molecule has 0 unspecified atom stereocenters. The van der Waals surface area contributed by atoms with Gasteiger partial charge in [0.2, 0.25) is 5.91 Å². The molecule has 1 saturated heterocycles. The van der Waals surface area contributed by atoms with Gasteiger partial charge in [-0.05, 0) is 0 Å². The van der Waals surface area contributed by atoms with E-state index < -0.39 is 0 Å². The summed E-state index contributed by atoms with van der Waals surface area (Å²) in [4.78, 5) is 28.4. The minimum absolute atomic E-state index is 0.0125. The molecular formula is C11H22N4O3. The summed E-state index contributed by atoms with van der Waals surface area (Å²) in [5, 5.41) is 0. The molecule has 0 aromatic rings. The smallest absolute Gasteiger partial charge is 0.319 e. The van der Waals surface area contributed by atoms with E-state index in [1.165, 1.54) is 0 Å². The van der Waals surface area contributed by atoms with Crippen LogP contribution in [0.2, 0.25) is 0 Å². The molecule has 0 aliphatic carbocycles. The van der Waals surface area contributed by atoms with Gasteiger partial charge < -0.3 is 25.2 Å². The molecule has 0 aromatic heterocycles. The first-order chi connectivity index (χ1) is 8.56. The summed E-state index contributed by atoms with van der Waals surface area (Å²) in [7, 11) is 3.45. The summed E-state index contributed by atoms with van der Waals surface area (Å²) < 4.78 is 5.11. The van der Waals surface area contributed by atoms with E-state index in [4.69, 9.17) is 10.5 Å². The second-order valence-electron chi connectivity index (χ2n) is 4.39. The molecular weight excluding hydrogens is 236 g/mol. The quantitative estimate of drug-likeness (QED) is 0.642. The molecule has 2 N–H and O–H groups in total. The van der Waals surface area contributed by atoms with Gasteiger partial charge in [0.15, 0.2) is 0 Å². The van der Waals surface area contributed by atoms with E-state index in [0.717, 1.165) is 0 Å². The maximum atomic E-state index is 11.7. The van der Waals surface area contributed by atoms with Gasteiger partial charge in [-0.1, -0.05) is 0 Å².